The fraction of sp³-hybridized carbons (Fsp3) is 0.800. The number of halogens is 8. The summed E-state index contributed by atoms with van der Waals surface area (Å²) in [6.45, 7) is 4.64. The molecule has 12 heteroatoms. The molecule has 0 aliphatic carbocycles. The number of hydrogen-bond acceptors (Lipinski definition) is 4. The smallest absolute Gasteiger partial charge is 0.358 e. The topological polar surface area (TPSA) is 55.9 Å². The van der Waals surface area contributed by atoms with Gasteiger partial charge in [0.2, 0.25) is 0 Å². The molecule has 0 bridgehead atoms. The molecule has 0 saturated carbocycles. The molecule has 1 rings (SSSR count). The van der Waals surface area contributed by atoms with E-state index in [1.54, 1.807) is 6.92 Å². The molecule has 4 nitrogen and oxygen atoms in total. The number of rotatable bonds is 2. The van der Waals surface area contributed by atoms with Crippen LogP contribution in [-0.4, -0.2) is 43.5 Å². The second kappa shape index (κ2) is 11.9. The van der Waals surface area contributed by atoms with Crippen molar-refractivity contribution in [3.63, 3.8) is 0 Å². The van der Waals surface area contributed by atoms with Crippen molar-refractivity contribution in [1.29, 1.82) is 0 Å². The Morgan fingerprint density at radius 1 is 1.18 bits per heavy atom. The third-order valence-electron chi connectivity index (χ3n) is 1.48. The molecule has 22 heavy (non-hydrogen) atoms. The van der Waals surface area contributed by atoms with Crippen molar-refractivity contribution >= 4 is 104 Å². The Morgan fingerprint density at radius 3 is 1.64 bits per heavy atom. The van der Waals surface area contributed by atoms with E-state index >= 15 is 0 Å². The van der Waals surface area contributed by atoms with Crippen molar-refractivity contribution in [3.8, 4) is 0 Å². The largest absolute Gasteiger partial charge is 0.458 e. The number of epoxide rings is 1. The molecule has 2 atom stereocenters. The van der Waals surface area contributed by atoms with E-state index in [1.165, 1.54) is 0 Å². The third-order valence-corrected chi connectivity index (χ3v) is 3.47. The van der Waals surface area contributed by atoms with Gasteiger partial charge < -0.3 is 9.47 Å². The molecule has 1 heterocycles. The van der Waals surface area contributed by atoms with E-state index in [2.05, 4.69) is 11.7 Å². The fourth-order valence-corrected chi connectivity index (χ4v) is 0.574. The van der Waals surface area contributed by atoms with Gasteiger partial charge in [0.15, 0.2) is 0 Å². The van der Waals surface area contributed by atoms with E-state index in [4.69, 9.17) is 97.5 Å². The maximum atomic E-state index is 10.8. The van der Waals surface area contributed by atoms with Crippen molar-refractivity contribution in [2.75, 3.05) is 12.5 Å². The molecular formula is C10H12Cl8O4. The third kappa shape index (κ3) is 17.8. The van der Waals surface area contributed by atoms with Crippen LogP contribution in [0.4, 0.5) is 0 Å². The predicted octanol–water partition coefficient (Wildman–Crippen LogP) is 5.05. The minimum atomic E-state index is -2.01. The summed E-state index contributed by atoms with van der Waals surface area (Å²) in [6, 6.07) is 0. The van der Waals surface area contributed by atoms with Crippen molar-refractivity contribution in [2.45, 2.75) is 33.6 Å². The van der Waals surface area contributed by atoms with Crippen molar-refractivity contribution < 1.29 is 19.1 Å². The molecule has 0 N–H and O–H groups in total. The number of carbonyl (C=O) groups excluding carboxylic acids is 2. The number of hydrogen-bond donors (Lipinski definition) is 0. The first-order chi connectivity index (χ1) is 9.71. The van der Waals surface area contributed by atoms with Gasteiger partial charge in [-0.15, -0.1) is 11.6 Å². The summed E-state index contributed by atoms with van der Waals surface area (Å²) in [5.41, 5.74) is 0. The molecule has 0 radical (unpaired) electrons. The van der Waals surface area contributed by atoms with Crippen LogP contribution >= 0.6 is 92.8 Å². The van der Waals surface area contributed by atoms with Gasteiger partial charge >= 0.3 is 5.97 Å². The Kier molecular flexibility index (Phi) is 13.9. The van der Waals surface area contributed by atoms with Gasteiger partial charge in [0, 0.05) is 0 Å². The lowest BCUT2D eigenvalue weighted by molar-refractivity contribution is -0.146. The van der Waals surface area contributed by atoms with E-state index in [0.717, 1.165) is 6.61 Å². The average Bonchev–Trinajstić information content (AvgIpc) is 3.10. The van der Waals surface area contributed by atoms with Crippen LogP contribution in [0.25, 0.3) is 0 Å². The molecule has 0 aromatic carbocycles. The van der Waals surface area contributed by atoms with E-state index in [1.807, 2.05) is 0 Å². The molecule has 132 valence electrons. The summed E-state index contributed by atoms with van der Waals surface area (Å²) in [6.07, 6.45) is 0.139. The number of ether oxygens (including phenoxy) is 2. The summed E-state index contributed by atoms with van der Waals surface area (Å²) in [5.74, 6) is -0.734. The van der Waals surface area contributed by atoms with Crippen LogP contribution in [0.5, 0.6) is 0 Å². The highest BCUT2D eigenvalue weighted by molar-refractivity contribution is 6.88. The molecule has 1 fully saturated rings. The molecule has 1 aliphatic heterocycles. The van der Waals surface area contributed by atoms with Crippen molar-refractivity contribution in [3.05, 3.63) is 0 Å². The monoisotopic (exact) mass is 476 g/mol. The maximum Gasteiger partial charge on any atom is 0.358 e. The van der Waals surface area contributed by atoms with Crippen LogP contribution < -0.4 is 0 Å². The minimum Gasteiger partial charge on any atom is -0.458 e. The summed E-state index contributed by atoms with van der Waals surface area (Å²) in [4.78, 5) is 20.6. The molecular weight excluding hydrogens is 468 g/mol. The summed E-state index contributed by atoms with van der Waals surface area (Å²) < 4.78 is 5.34. The van der Waals surface area contributed by atoms with Gasteiger partial charge in [-0.1, -0.05) is 69.6 Å². The number of carbonyl (C=O) groups is 2. The van der Waals surface area contributed by atoms with Crippen LogP contribution in [0.3, 0.4) is 0 Å². The molecule has 0 aromatic rings. The molecule has 0 amide bonds. The quantitative estimate of drug-likeness (QED) is 0.241. The summed E-state index contributed by atoms with van der Waals surface area (Å²) >= 11 is 40.4. The van der Waals surface area contributed by atoms with E-state index in [0.29, 0.717) is 6.10 Å². The Labute approximate surface area is 168 Å². The predicted molar refractivity (Wildman–Crippen MR) is 93.1 cm³/mol. The minimum absolute atomic E-state index is 0.173. The normalized spacial score (nSPS) is 18.0. The van der Waals surface area contributed by atoms with Crippen LogP contribution in [-0.2, 0) is 19.1 Å². The molecule has 1 saturated heterocycles. The van der Waals surface area contributed by atoms with Gasteiger partial charge in [-0.2, -0.15) is 0 Å². The second-order valence-corrected chi connectivity index (χ2v) is 9.00. The highest BCUT2D eigenvalue weighted by Crippen LogP contribution is 2.28. The zero-order valence-electron chi connectivity index (χ0n) is 11.2. The van der Waals surface area contributed by atoms with Crippen molar-refractivity contribution in [1.82, 2.24) is 0 Å². The van der Waals surface area contributed by atoms with E-state index in [9.17, 15) is 9.59 Å². The first-order valence-corrected chi connectivity index (χ1v) is 8.61. The second-order valence-electron chi connectivity index (χ2n) is 3.78. The Morgan fingerprint density at radius 2 is 1.50 bits per heavy atom. The van der Waals surface area contributed by atoms with Gasteiger partial charge in [0.1, 0.15) is 6.10 Å². The van der Waals surface area contributed by atoms with Gasteiger partial charge in [-0.25, -0.2) is 4.79 Å². The zero-order chi connectivity index (χ0) is 18.1. The highest BCUT2D eigenvalue weighted by Gasteiger charge is 2.33. The fourth-order valence-electron chi connectivity index (χ4n) is 0.377. The summed E-state index contributed by atoms with van der Waals surface area (Å²) in [5, 5.41) is -0.988. The van der Waals surface area contributed by atoms with Crippen LogP contribution in [0.1, 0.15) is 13.8 Å². The molecule has 0 aromatic heterocycles. The van der Waals surface area contributed by atoms with Crippen LogP contribution in [0, 0.1) is 0 Å². The van der Waals surface area contributed by atoms with Crippen LogP contribution in [0.2, 0.25) is 0 Å². The lowest BCUT2D eigenvalue weighted by Crippen LogP contribution is -2.26. The average molecular weight is 480 g/mol. The number of alkyl halides is 7. The standard InChI is InChI=1S/C5H6Cl4O2.C3H6O.C2Cl4O/c1-3(2-6)11-4(10)5(7,8)9;1-3-2-4-3;3-1(7)2(4,5)6/h3H,2H2,1H3;3H,2H2,1H3;. The van der Waals surface area contributed by atoms with Gasteiger partial charge in [-0.3, -0.25) is 4.79 Å². The Bertz CT molecular complexity index is 348. The van der Waals surface area contributed by atoms with Gasteiger partial charge in [0.05, 0.1) is 18.6 Å². The maximum absolute atomic E-state index is 10.8. The van der Waals surface area contributed by atoms with Gasteiger partial charge in [-0.05, 0) is 25.4 Å². The first kappa shape index (κ1) is 25.7. The highest BCUT2D eigenvalue weighted by atomic mass is 35.6. The number of esters is 1. The van der Waals surface area contributed by atoms with Gasteiger partial charge in [0.25, 0.3) is 12.8 Å². The molecule has 2 unspecified atom stereocenters. The lowest BCUT2D eigenvalue weighted by atomic mass is 10.5. The summed E-state index contributed by atoms with van der Waals surface area (Å²) in [7, 11) is 0. The van der Waals surface area contributed by atoms with E-state index < -0.39 is 24.9 Å². The van der Waals surface area contributed by atoms with Crippen molar-refractivity contribution in [2.24, 2.45) is 0 Å². The van der Waals surface area contributed by atoms with E-state index in [-0.39, 0.29) is 5.88 Å². The molecule has 0 spiro atoms. The molecule has 1 aliphatic rings. The Balaban J connectivity index is 0. The lowest BCUT2D eigenvalue weighted by Gasteiger charge is -2.13. The first-order valence-electron chi connectivity index (χ1n) is 5.43. The Hall–Kier alpha value is 1.42. The zero-order valence-corrected chi connectivity index (χ0v) is 17.3. The SMILES string of the molecule is CC(CCl)OC(=O)C(Cl)(Cl)Cl.CC1CO1.O=C(Cl)C(Cl)(Cl)Cl. The van der Waals surface area contributed by atoms with Crippen LogP contribution in [0.15, 0.2) is 0 Å².